The van der Waals surface area contributed by atoms with Crippen LogP contribution in [-0.4, -0.2) is 23.2 Å². The molecule has 3 heteroatoms. The highest BCUT2D eigenvalue weighted by molar-refractivity contribution is 6.00. The van der Waals surface area contributed by atoms with E-state index in [4.69, 9.17) is 5.41 Å². The second kappa shape index (κ2) is 11.3. The van der Waals surface area contributed by atoms with E-state index < -0.39 is 0 Å². The van der Waals surface area contributed by atoms with Gasteiger partial charge in [0.15, 0.2) is 0 Å². The average molecular weight is 429 g/mol. The molecule has 1 N–H and O–H groups in total. The molecule has 0 bridgehead atoms. The molecule has 0 unspecified atom stereocenters. The van der Waals surface area contributed by atoms with E-state index in [1.165, 1.54) is 103 Å². The number of carbonyl (C=O) groups excluding carboxylic acids is 1. The number of carbonyl (C=O) groups is 1. The highest BCUT2D eigenvalue weighted by Crippen LogP contribution is 2.46. The Kier molecular flexibility index (Phi) is 8.51. The van der Waals surface area contributed by atoms with Crippen LogP contribution in [0.2, 0.25) is 0 Å². The normalized spacial score (nSPS) is 30.5. The number of nitrogens with zero attached hydrogens (tertiary/aromatic N) is 1. The van der Waals surface area contributed by atoms with E-state index in [0.717, 1.165) is 50.5 Å². The van der Waals surface area contributed by atoms with Gasteiger partial charge in [-0.3, -0.25) is 10.2 Å². The van der Waals surface area contributed by atoms with Gasteiger partial charge in [-0.2, -0.15) is 0 Å². The first-order valence-corrected chi connectivity index (χ1v) is 14.1. The number of amides is 1. The number of likely N-dealkylation sites (tertiary alicyclic amines) is 1. The predicted molar refractivity (Wildman–Crippen MR) is 129 cm³/mol. The Hall–Kier alpha value is -0.860. The van der Waals surface area contributed by atoms with Crippen molar-refractivity contribution in [3.8, 4) is 0 Å². The van der Waals surface area contributed by atoms with E-state index in [-0.39, 0.29) is 5.41 Å². The second-order valence-corrected chi connectivity index (χ2v) is 11.8. The van der Waals surface area contributed by atoms with E-state index in [1.807, 2.05) is 4.90 Å². The van der Waals surface area contributed by atoms with Crippen molar-refractivity contribution in [2.24, 2.45) is 23.2 Å². The molecule has 0 spiro atoms. The molecule has 1 heterocycles. The van der Waals surface area contributed by atoms with Crippen LogP contribution in [0.25, 0.3) is 0 Å². The lowest BCUT2D eigenvalue weighted by Gasteiger charge is -2.40. The topological polar surface area (TPSA) is 44.2 Å². The van der Waals surface area contributed by atoms with Crippen LogP contribution in [0.5, 0.6) is 0 Å². The first-order valence-electron chi connectivity index (χ1n) is 14.1. The molecule has 176 valence electrons. The van der Waals surface area contributed by atoms with Crippen LogP contribution in [0.4, 0.5) is 0 Å². The van der Waals surface area contributed by atoms with Crippen LogP contribution < -0.4 is 0 Å². The molecule has 0 aromatic heterocycles. The third-order valence-electron chi connectivity index (χ3n) is 9.42. The van der Waals surface area contributed by atoms with Crippen LogP contribution in [0.15, 0.2) is 0 Å². The fourth-order valence-electron chi connectivity index (χ4n) is 7.49. The van der Waals surface area contributed by atoms with Crippen molar-refractivity contribution >= 4 is 11.7 Å². The Bertz CT molecular complexity index is 584. The van der Waals surface area contributed by atoms with Gasteiger partial charge in [0.05, 0.1) is 5.41 Å². The summed E-state index contributed by atoms with van der Waals surface area (Å²) in [6, 6.07) is 0. The van der Waals surface area contributed by atoms with Gasteiger partial charge in [-0.05, 0) is 62.7 Å². The van der Waals surface area contributed by atoms with E-state index >= 15 is 0 Å². The van der Waals surface area contributed by atoms with Gasteiger partial charge in [-0.15, -0.1) is 0 Å². The van der Waals surface area contributed by atoms with Gasteiger partial charge >= 0.3 is 0 Å². The molecule has 4 aliphatic rings. The Morgan fingerprint density at radius 1 is 0.742 bits per heavy atom. The lowest BCUT2D eigenvalue weighted by molar-refractivity contribution is -0.141. The zero-order chi connectivity index (χ0) is 21.5. The maximum atomic E-state index is 14.3. The minimum atomic E-state index is -0.170. The molecule has 3 nitrogen and oxygen atoms in total. The highest BCUT2D eigenvalue weighted by atomic mass is 16.2. The van der Waals surface area contributed by atoms with Crippen molar-refractivity contribution in [3.05, 3.63) is 0 Å². The summed E-state index contributed by atoms with van der Waals surface area (Å²) in [5.74, 6) is 3.23. The first kappa shape index (κ1) is 23.3. The minimum absolute atomic E-state index is 0.170. The summed E-state index contributed by atoms with van der Waals surface area (Å²) in [5, 5.41) is 8.76. The third kappa shape index (κ3) is 6.14. The van der Waals surface area contributed by atoms with Gasteiger partial charge in [0.25, 0.3) is 0 Å². The van der Waals surface area contributed by atoms with Crippen molar-refractivity contribution < 1.29 is 4.79 Å². The Balaban J connectivity index is 1.51. The molecule has 1 saturated heterocycles. The van der Waals surface area contributed by atoms with E-state index in [2.05, 4.69) is 0 Å². The lowest BCUT2D eigenvalue weighted by Crippen LogP contribution is -2.48. The number of nitrogens with one attached hydrogen (secondary N) is 1. The van der Waals surface area contributed by atoms with Crippen LogP contribution in [0.3, 0.4) is 0 Å². The molecule has 1 amide bonds. The van der Waals surface area contributed by atoms with E-state index in [9.17, 15) is 4.79 Å². The van der Waals surface area contributed by atoms with Gasteiger partial charge in [-0.25, -0.2) is 0 Å². The molecule has 3 saturated carbocycles. The van der Waals surface area contributed by atoms with Crippen molar-refractivity contribution in [2.45, 2.75) is 135 Å². The first-order chi connectivity index (χ1) is 15.2. The SMILES string of the molecule is N=C1CCC[C@](CCC2CCCCC2)(CC2CCCCC2)C(=O)N1CC1CCCCC1. The Morgan fingerprint density at radius 2 is 1.29 bits per heavy atom. The largest absolute Gasteiger partial charge is 0.300 e. The summed E-state index contributed by atoms with van der Waals surface area (Å²) in [6.45, 7) is 0.841. The Morgan fingerprint density at radius 3 is 1.90 bits per heavy atom. The van der Waals surface area contributed by atoms with E-state index in [1.54, 1.807) is 0 Å². The van der Waals surface area contributed by atoms with Crippen LogP contribution in [-0.2, 0) is 4.79 Å². The smallest absolute Gasteiger partial charge is 0.234 e. The molecule has 0 radical (unpaired) electrons. The van der Waals surface area contributed by atoms with Crippen molar-refractivity contribution in [2.75, 3.05) is 6.54 Å². The molecular weight excluding hydrogens is 380 g/mol. The summed E-state index contributed by atoms with van der Waals surface area (Å²) in [6.07, 6.45) is 26.6. The van der Waals surface area contributed by atoms with Gasteiger partial charge in [0.1, 0.15) is 5.84 Å². The molecule has 1 aliphatic heterocycles. The molecular formula is C28H48N2O. The maximum Gasteiger partial charge on any atom is 0.234 e. The summed E-state index contributed by atoms with van der Waals surface area (Å²) >= 11 is 0. The second-order valence-electron chi connectivity index (χ2n) is 11.8. The molecule has 4 fully saturated rings. The fraction of sp³-hybridized carbons (Fsp3) is 0.929. The molecule has 31 heavy (non-hydrogen) atoms. The van der Waals surface area contributed by atoms with Crippen LogP contribution in [0.1, 0.15) is 135 Å². The van der Waals surface area contributed by atoms with Gasteiger partial charge in [0.2, 0.25) is 5.91 Å². The Labute approximate surface area is 191 Å². The molecule has 1 atom stereocenters. The monoisotopic (exact) mass is 428 g/mol. The van der Waals surface area contributed by atoms with E-state index in [0.29, 0.717) is 17.7 Å². The molecule has 4 rings (SSSR count). The van der Waals surface area contributed by atoms with Gasteiger partial charge in [0, 0.05) is 13.0 Å². The zero-order valence-corrected chi connectivity index (χ0v) is 20.1. The van der Waals surface area contributed by atoms with Gasteiger partial charge < -0.3 is 4.90 Å². The number of rotatable bonds is 7. The summed E-state index contributed by atoms with van der Waals surface area (Å²) < 4.78 is 0. The van der Waals surface area contributed by atoms with Crippen LogP contribution >= 0.6 is 0 Å². The predicted octanol–water partition coefficient (Wildman–Crippen LogP) is 7.87. The molecule has 0 aromatic rings. The van der Waals surface area contributed by atoms with Crippen molar-refractivity contribution in [1.82, 2.24) is 4.90 Å². The number of hydrogen-bond donors (Lipinski definition) is 1. The quantitative estimate of drug-likeness (QED) is 0.440. The average Bonchev–Trinajstić information content (AvgIpc) is 2.92. The highest BCUT2D eigenvalue weighted by Gasteiger charge is 2.45. The summed E-state index contributed by atoms with van der Waals surface area (Å²) in [4.78, 5) is 16.3. The minimum Gasteiger partial charge on any atom is -0.300 e. The number of hydrogen-bond acceptors (Lipinski definition) is 2. The molecule has 0 aromatic carbocycles. The summed E-state index contributed by atoms with van der Waals surface area (Å²) in [7, 11) is 0. The van der Waals surface area contributed by atoms with Crippen molar-refractivity contribution in [1.29, 1.82) is 5.41 Å². The standard InChI is InChI=1S/C28H48N2O/c29-26-17-10-19-28(21-24-13-6-2-7-14-24,20-18-23-11-4-1-5-12-23)27(31)30(26)22-25-15-8-3-9-16-25/h23-25,29H,1-22H2/t28-/m0/s1. The van der Waals surface area contributed by atoms with Crippen molar-refractivity contribution in [3.63, 3.8) is 0 Å². The molecule has 3 aliphatic carbocycles. The maximum absolute atomic E-state index is 14.3. The zero-order valence-electron chi connectivity index (χ0n) is 20.1. The lowest BCUT2D eigenvalue weighted by atomic mass is 9.67. The third-order valence-corrected chi connectivity index (χ3v) is 9.42. The fourth-order valence-corrected chi connectivity index (χ4v) is 7.49. The van der Waals surface area contributed by atoms with Gasteiger partial charge in [-0.1, -0.05) is 83.5 Å². The number of amidine groups is 1. The van der Waals surface area contributed by atoms with Crippen LogP contribution in [0, 0.1) is 28.6 Å². The summed E-state index contributed by atoms with van der Waals surface area (Å²) in [5.41, 5.74) is -0.170.